The lowest BCUT2D eigenvalue weighted by molar-refractivity contribution is -0.139. The minimum Gasteiger partial charge on any atom is -0.469 e. The van der Waals surface area contributed by atoms with Gasteiger partial charge in [-0.15, -0.1) is 11.3 Å². The largest absolute Gasteiger partial charge is 0.469 e. The van der Waals surface area contributed by atoms with Gasteiger partial charge in [0.15, 0.2) is 9.84 Å². The number of nitrogens with one attached hydrogen (secondary N) is 2. The van der Waals surface area contributed by atoms with Crippen molar-refractivity contribution >= 4 is 44.6 Å². The van der Waals surface area contributed by atoms with Crippen molar-refractivity contribution in [2.24, 2.45) is 0 Å². The SMILES string of the molecule is O=C(NCCc1ccco1)C(=O)NCC(c1cccs1)S(=O)(=O)c1ccc(Cl)cc1. The van der Waals surface area contributed by atoms with Gasteiger partial charge in [0.2, 0.25) is 0 Å². The number of benzene rings is 1. The van der Waals surface area contributed by atoms with Crippen LogP contribution in [0.25, 0.3) is 0 Å². The summed E-state index contributed by atoms with van der Waals surface area (Å²) in [5, 5.41) is 6.05. The third-order valence-corrected chi connectivity index (χ3v) is 7.75. The Bertz CT molecular complexity index is 1080. The van der Waals surface area contributed by atoms with E-state index in [0.29, 0.717) is 22.1 Å². The predicted molar refractivity (Wildman–Crippen MR) is 114 cm³/mol. The second kappa shape index (κ2) is 9.92. The monoisotopic (exact) mass is 466 g/mol. The van der Waals surface area contributed by atoms with E-state index >= 15 is 0 Å². The third-order valence-electron chi connectivity index (χ3n) is 4.27. The minimum absolute atomic E-state index is 0.0856. The number of carbonyl (C=O) groups excluding carboxylic acids is 2. The van der Waals surface area contributed by atoms with Gasteiger partial charge in [-0.25, -0.2) is 8.42 Å². The van der Waals surface area contributed by atoms with Crippen molar-refractivity contribution in [2.75, 3.05) is 13.1 Å². The molecule has 0 radical (unpaired) electrons. The molecule has 2 amide bonds. The Morgan fingerprint density at radius 1 is 1.03 bits per heavy atom. The average Bonchev–Trinajstić information content (AvgIpc) is 3.42. The highest BCUT2D eigenvalue weighted by Crippen LogP contribution is 2.31. The van der Waals surface area contributed by atoms with Crippen LogP contribution in [0.5, 0.6) is 0 Å². The van der Waals surface area contributed by atoms with Gasteiger partial charge in [-0.05, 0) is 47.8 Å². The van der Waals surface area contributed by atoms with Crippen LogP contribution in [0.3, 0.4) is 0 Å². The summed E-state index contributed by atoms with van der Waals surface area (Å²) in [6, 6.07) is 12.7. The molecule has 10 heteroatoms. The van der Waals surface area contributed by atoms with Gasteiger partial charge in [0, 0.05) is 29.4 Å². The summed E-state index contributed by atoms with van der Waals surface area (Å²) in [6.07, 6.45) is 1.96. The van der Waals surface area contributed by atoms with Gasteiger partial charge in [-0.1, -0.05) is 17.7 Å². The molecule has 158 valence electrons. The molecule has 1 unspecified atom stereocenters. The zero-order chi connectivity index (χ0) is 21.6. The molecule has 3 rings (SSSR count). The average molecular weight is 467 g/mol. The first kappa shape index (κ1) is 22.1. The Hall–Kier alpha value is -2.62. The van der Waals surface area contributed by atoms with Crippen molar-refractivity contribution in [3.63, 3.8) is 0 Å². The summed E-state index contributed by atoms with van der Waals surface area (Å²) in [7, 11) is -3.82. The molecule has 2 heterocycles. The smallest absolute Gasteiger partial charge is 0.309 e. The van der Waals surface area contributed by atoms with E-state index in [1.54, 1.807) is 29.6 Å². The van der Waals surface area contributed by atoms with E-state index in [1.807, 2.05) is 0 Å². The number of hydrogen-bond acceptors (Lipinski definition) is 6. The zero-order valence-electron chi connectivity index (χ0n) is 15.7. The predicted octanol–water partition coefficient (Wildman–Crippen LogP) is 2.98. The molecule has 1 aromatic carbocycles. The first-order valence-corrected chi connectivity index (χ1v) is 11.8. The number of rotatable bonds is 8. The molecule has 1 atom stereocenters. The molecule has 0 saturated carbocycles. The van der Waals surface area contributed by atoms with Gasteiger partial charge in [-0.2, -0.15) is 0 Å². The van der Waals surface area contributed by atoms with Gasteiger partial charge in [0.05, 0.1) is 11.2 Å². The Labute approximate surface area is 183 Å². The van der Waals surface area contributed by atoms with Crippen molar-refractivity contribution in [2.45, 2.75) is 16.6 Å². The summed E-state index contributed by atoms with van der Waals surface area (Å²) in [5.41, 5.74) is 0. The summed E-state index contributed by atoms with van der Waals surface area (Å²) < 4.78 is 31.4. The topological polar surface area (TPSA) is 105 Å². The fourth-order valence-corrected chi connectivity index (χ4v) is 5.64. The van der Waals surface area contributed by atoms with Crippen molar-refractivity contribution in [1.29, 1.82) is 0 Å². The summed E-state index contributed by atoms with van der Waals surface area (Å²) >= 11 is 7.11. The highest BCUT2D eigenvalue weighted by atomic mass is 35.5. The molecule has 0 fully saturated rings. The molecule has 2 aromatic heterocycles. The number of furan rings is 1. The van der Waals surface area contributed by atoms with Gasteiger partial charge in [0.1, 0.15) is 11.0 Å². The van der Waals surface area contributed by atoms with Crippen LogP contribution in [-0.2, 0) is 25.8 Å². The van der Waals surface area contributed by atoms with Crippen molar-refractivity contribution in [3.05, 3.63) is 75.8 Å². The lowest BCUT2D eigenvalue weighted by Gasteiger charge is -2.17. The second-order valence-corrected chi connectivity index (χ2v) is 9.84. The minimum atomic E-state index is -3.82. The molecule has 3 aromatic rings. The van der Waals surface area contributed by atoms with Gasteiger partial charge in [0.25, 0.3) is 0 Å². The molecule has 0 aliphatic carbocycles. The van der Waals surface area contributed by atoms with Crippen LogP contribution in [0.2, 0.25) is 5.02 Å². The normalized spacial score (nSPS) is 12.3. The molecule has 0 aliphatic heterocycles. The molecule has 7 nitrogen and oxygen atoms in total. The highest BCUT2D eigenvalue weighted by molar-refractivity contribution is 7.91. The van der Waals surface area contributed by atoms with E-state index in [4.69, 9.17) is 16.0 Å². The van der Waals surface area contributed by atoms with E-state index < -0.39 is 26.9 Å². The maximum Gasteiger partial charge on any atom is 0.309 e. The van der Waals surface area contributed by atoms with Crippen molar-refractivity contribution in [3.8, 4) is 0 Å². The molecule has 0 saturated heterocycles. The Kier molecular flexibility index (Phi) is 7.30. The fraction of sp³-hybridized carbons (Fsp3) is 0.200. The lowest BCUT2D eigenvalue weighted by atomic mass is 10.3. The number of sulfone groups is 1. The van der Waals surface area contributed by atoms with Crippen LogP contribution < -0.4 is 10.6 Å². The molecular weight excluding hydrogens is 448 g/mol. The van der Waals surface area contributed by atoms with Crippen LogP contribution >= 0.6 is 22.9 Å². The molecule has 30 heavy (non-hydrogen) atoms. The molecular formula is C20H19ClN2O5S2. The first-order valence-electron chi connectivity index (χ1n) is 8.99. The third kappa shape index (κ3) is 5.50. The summed E-state index contributed by atoms with van der Waals surface area (Å²) in [5.74, 6) is -1.06. The van der Waals surface area contributed by atoms with E-state index in [9.17, 15) is 18.0 Å². The fourth-order valence-electron chi connectivity index (χ4n) is 2.73. The zero-order valence-corrected chi connectivity index (χ0v) is 18.1. The maximum atomic E-state index is 13.1. The van der Waals surface area contributed by atoms with Crippen molar-refractivity contribution in [1.82, 2.24) is 10.6 Å². The van der Waals surface area contributed by atoms with E-state index in [0.717, 1.165) is 0 Å². The number of carbonyl (C=O) groups is 2. The van der Waals surface area contributed by atoms with E-state index in [-0.39, 0.29) is 18.0 Å². The van der Waals surface area contributed by atoms with Crippen molar-refractivity contribution < 1.29 is 22.4 Å². The summed E-state index contributed by atoms with van der Waals surface area (Å²) in [4.78, 5) is 24.8. The van der Waals surface area contributed by atoms with Crippen LogP contribution in [-0.4, -0.2) is 33.3 Å². The maximum absolute atomic E-state index is 13.1. The van der Waals surface area contributed by atoms with Crippen LogP contribution in [0.1, 0.15) is 15.9 Å². The second-order valence-electron chi connectivity index (χ2n) is 6.30. The van der Waals surface area contributed by atoms with Gasteiger partial charge in [-0.3, -0.25) is 9.59 Å². The Morgan fingerprint density at radius 3 is 2.40 bits per heavy atom. The number of halogens is 1. The van der Waals surface area contributed by atoms with Crippen LogP contribution in [0, 0.1) is 0 Å². The number of amides is 2. The standard InChI is InChI=1S/C20H19ClN2O5S2/c21-14-5-7-16(8-6-14)30(26,27)18(17-4-2-12-29-17)13-23-20(25)19(24)22-10-9-15-3-1-11-28-15/h1-8,11-12,18H,9-10,13H2,(H,22,24)(H,23,25). The molecule has 0 spiro atoms. The highest BCUT2D eigenvalue weighted by Gasteiger charge is 2.31. The number of thiophene rings is 1. The first-order chi connectivity index (χ1) is 14.4. The van der Waals surface area contributed by atoms with Gasteiger partial charge >= 0.3 is 11.8 Å². The van der Waals surface area contributed by atoms with Crippen LogP contribution in [0.15, 0.2) is 69.5 Å². The Morgan fingerprint density at radius 2 is 1.77 bits per heavy atom. The number of hydrogen-bond donors (Lipinski definition) is 2. The summed E-state index contributed by atoms with van der Waals surface area (Å²) in [6.45, 7) is -0.0207. The molecule has 0 aliphatic rings. The molecule has 2 N–H and O–H groups in total. The van der Waals surface area contributed by atoms with E-state index in [2.05, 4.69) is 10.6 Å². The quantitative estimate of drug-likeness (QED) is 0.496. The Balaban J connectivity index is 1.65. The molecule has 0 bridgehead atoms. The lowest BCUT2D eigenvalue weighted by Crippen LogP contribution is -2.42. The van der Waals surface area contributed by atoms with Gasteiger partial charge < -0.3 is 15.1 Å². The van der Waals surface area contributed by atoms with Crippen LogP contribution in [0.4, 0.5) is 0 Å². The van der Waals surface area contributed by atoms with E-state index in [1.165, 1.54) is 41.9 Å².